The van der Waals surface area contributed by atoms with Gasteiger partial charge in [-0.1, -0.05) is 26.0 Å². The molecule has 0 atom stereocenters. The Morgan fingerprint density at radius 2 is 1.62 bits per heavy atom. The summed E-state index contributed by atoms with van der Waals surface area (Å²) < 4.78 is 54.0. The van der Waals surface area contributed by atoms with Crippen LogP contribution < -0.4 is 13.7 Å². The minimum absolute atomic E-state index is 0.0933. The Kier molecular flexibility index (Phi) is 5.33. The van der Waals surface area contributed by atoms with E-state index < -0.39 is 20.8 Å². The van der Waals surface area contributed by atoms with E-state index in [0.717, 1.165) is 17.7 Å². The highest BCUT2D eigenvalue weighted by Gasteiger charge is 2.25. The van der Waals surface area contributed by atoms with Crippen molar-refractivity contribution in [2.24, 2.45) is 0 Å². The van der Waals surface area contributed by atoms with Gasteiger partial charge in [0.2, 0.25) is 0 Å². The van der Waals surface area contributed by atoms with Crippen LogP contribution in [-0.4, -0.2) is 22.6 Å². The van der Waals surface area contributed by atoms with Gasteiger partial charge in [-0.25, -0.2) is 4.39 Å². The summed E-state index contributed by atoms with van der Waals surface area (Å²) in [6.45, 7) is 3.95. The van der Waals surface area contributed by atoms with Gasteiger partial charge < -0.3 is 13.7 Å². The molecular formula is C17H19FO5S. The van der Waals surface area contributed by atoms with Gasteiger partial charge in [0.1, 0.15) is 16.5 Å². The molecule has 24 heavy (non-hydrogen) atoms. The molecule has 0 aliphatic rings. The molecule has 0 aliphatic carbocycles. The number of benzene rings is 2. The monoisotopic (exact) mass is 354 g/mol. The second-order valence-electron chi connectivity index (χ2n) is 5.40. The van der Waals surface area contributed by atoms with Crippen LogP contribution in [-0.2, 0) is 10.1 Å². The van der Waals surface area contributed by atoms with Gasteiger partial charge in [0, 0.05) is 12.1 Å². The van der Waals surface area contributed by atoms with Crippen LogP contribution >= 0.6 is 0 Å². The molecule has 2 aromatic rings. The van der Waals surface area contributed by atoms with E-state index in [4.69, 9.17) is 13.7 Å². The third kappa shape index (κ3) is 3.79. The minimum atomic E-state index is -4.35. The highest BCUT2D eigenvalue weighted by atomic mass is 32.2. The maximum atomic E-state index is 14.2. The Morgan fingerprint density at radius 1 is 1.00 bits per heavy atom. The van der Waals surface area contributed by atoms with Gasteiger partial charge in [-0.05, 0) is 23.6 Å². The second-order valence-corrected chi connectivity index (χ2v) is 6.92. The lowest BCUT2D eigenvalue weighted by molar-refractivity contribution is 0.349. The van der Waals surface area contributed by atoms with Gasteiger partial charge in [0.25, 0.3) is 0 Å². The van der Waals surface area contributed by atoms with Crippen LogP contribution in [0.1, 0.15) is 25.3 Å². The van der Waals surface area contributed by atoms with Crippen molar-refractivity contribution in [3.8, 4) is 17.2 Å². The van der Waals surface area contributed by atoms with Crippen molar-refractivity contribution in [3.63, 3.8) is 0 Å². The number of hydrogen-bond acceptors (Lipinski definition) is 5. The topological polar surface area (TPSA) is 61.8 Å². The molecule has 0 saturated heterocycles. The normalized spacial score (nSPS) is 11.4. The Hall–Kier alpha value is -2.28. The lowest BCUT2D eigenvalue weighted by Gasteiger charge is -2.13. The quantitative estimate of drug-likeness (QED) is 0.740. The van der Waals surface area contributed by atoms with Crippen LogP contribution in [0.2, 0.25) is 0 Å². The van der Waals surface area contributed by atoms with Crippen LogP contribution in [0.3, 0.4) is 0 Å². The Labute approximate surface area is 141 Å². The molecule has 0 bridgehead atoms. The molecule has 0 aliphatic heterocycles. The summed E-state index contributed by atoms with van der Waals surface area (Å²) in [5, 5.41) is 0. The maximum absolute atomic E-state index is 14.2. The summed E-state index contributed by atoms with van der Waals surface area (Å²) in [4.78, 5) is -0.616. The fourth-order valence-corrected chi connectivity index (χ4v) is 3.12. The van der Waals surface area contributed by atoms with Crippen LogP contribution in [0.25, 0.3) is 0 Å². The summed E-state index contributed by atoms with van der Waals surface area (Å²) in [5.41, 5.74) is 0.912. The molecule has 0 radical (unpaired) electrons. The molecule has 0 spiro atoms. The van der Waals surface area contributed by atoms with Crippen molar-refractivity contribution in [2.45, 2.75) is 24.7 Å². The fourth-order valence-electron chi connectivity index (χ4n) is 2.12. The highest BCUT2D eigenvalue weighted by molar-refractivity contribution is 7.87. The molecule has 7 heteroatoms. The zero-order valence-corrected chi connectivity index (χ0v) is 14.7. The summed E-state index contributed by atoms with van der Waals surface area (Å²) in [5.74, 6) is -0.468. The van der Waals surface area contributed by atoms with Gasteiger partial charge >= 0.3 is 10.1 Å². The number of hydrogen-bond donors (Lipinski definition) is 0. The van der Waals surface area contributed by atoms with Gasteiger partial charge in [-0.3, -0.25) is 0 Å². The lowest BCUT2D eigenvalue weighted by atomic mass is 10.0. The first kappa shape index (κ1) is 18.1. The Bertz CT molecular complexity index is 831. The van der Waals surface area contributed by atoms with Crippen molar-refractivity contribution in [1.29, 1.82) is 0 Å². The first-order valence-electron chi connectivity index (χ1n) is 7.24. The van der Waals surface area contributed by atoms with E-state index in [1.807, 2.05) is 19.9 Å². The zero-order chi connectivity index (χ0) is 17.9. The van der Waals surface area contributed by atoms with Crippen LogP contribution in [0.5, 0.6) is 17.2 Å². The van der Waals surface area contributed by atoms with Gasteiger partial charge in [-0.15, -0.1) is 0 Å². The van der Waals surface area contributed by atoms with E-state index in [-0.39, 0.29) is 23.2 Å². The first-order chi connectivity index (χ1) is 11.3. The third-order valence-corrected chi connectivity index (χ3v) is 4.70. The summed E-state index contributed by atoms with van der Waals surface area (Å²) in [6.07, 6.45) is 0. The molecule has 5 nitrogen and oxygen atoms in total. The third-order valence-electron chi connectivity index (χ3n) is 3.44. The molecule has 2 aromatic carbocycles. The van der Waals surface area contributed by atoms with E-state index in [1.165, 1.54) is 20.3 Å². The first-order valence-corrected chi connectivity index (χ1v) is 8.65. The molecule has 0 aromatic heterocycles. The highest BCUT2D eigenvalue weighted by Crippen LogP contribution is 2.33. The van der Waals surface area contributed by atoms with E-state index in [9.17, 15) is 12.8 Å². The van der Waals surface area contributed by atoms with Crippen molar-refractivity contribution >= 4 is 10.1 Å². The second kappa shape index (κ2) is 7.09. The van der Waals surface area contributed by atoms with Crippen molar-refractivity contribution in [2.75, 3.05) is 14.2 Å². The van der Waals surface area contributed by atoms with Crippen LogP contribution in [0.15, 0.2) is 41.3 Å². The smallest absolute Gasteiger partial charge is 0.342 e. The SMILES string of the molecule is COc1cc(F)c(S(=O)(=O)Oc2cccc(C(C)C)c2)cc1OC. The molecule has 130 valence electrons. The summed E-state index contributed by atoms with van der Waals surface area (Å²) in [7, 11) is -1.69. The zero-order valence-electron chi connectivity index (χ0n) is 13.9. The largest absolute Gasteiger partial charge is 0.493 e. The van der Waals surface area contributed by atoms with E-state index in [0.29, 0.717) is 0 Å². The number of methoxy groups -OCH3 is 2. The fraction of sp³-hybridized carbons (Fsp3) is 0.294. The van der Waals surface area contributed by atoms with E-state index >= 15 is 0 Å². The van der Waals surface area contributed by atoms with Gasteiger partial charge in [0.05, 0.1) is 14.2 Å². The maximum Gasteiger partial charge on any atom is 0.342 e. The Balaban J connectivity index is 2.42. The standard InChI is InChI=1S/C17H19FO5S/c1-11(2)12-6-5-7-13(8-12)23-24(19,20)17-10-16(22-4)15(21-3)9-14(17)18/h5-11H,1-4H3. The van der Waals surface area contributed by atoms with Gasteiger partial charge in [0.15, 0.2) is 11.5 Å². The molecule has 0 N–H and O–H groups in total. The molecule has 0 heterocycles. The van der Waals surface area contributed by atoms with E-state index in [1.54, 1.807) is 12.1 Å². The Morgan fingerprint density at radius 3 is 2.21 bits per heavy atom. The average Bonchev–Trinajstić information content (AvgIpc) is 2.54. The molecule has 0 fully saturated rings. The number of ether oxygens (including phenoxy) is 2. The molecule has 2 rings (SSSR count). The van der Waals surface area contributed by atoms with Crippen LogP contribution in [0, 0.1) is 5.82 Å². The van der Waals surface area contributed by atoms with Crippen LogP contribution in [0.4, 0.5) is 4.39 Å². The summed E-state index contributed by atoms with van der Waals surface area (Å²) >= 11 is 0. The molecular weight excluding hydrogens is 335 g/mol. The average molecular weight is 354 g/mol. The minimum Gasteiger partial charge on any atom is -0.493 e. The number of halogens is 1. The predicted octanol–water partition coefficient (Wildman–Crippen LogP) is 3.73. The van der Waals surface area contributed by atoms with Gasteiger partial charge in [-0.2, -0.15) is 8.42 Å². The van der Waals surface area contributed by atoms with E-state index in [2.05, 4.69) is 0 Å². The predicted molar refractivity (Wildman–Crippen MR) is 87.8 cm³/mol. The van der Waals surface area contributed by atoms with Crippen molar-refractivity contribution < 1.29 is 26.5 Å². The molecule has 0 unspecified atom stereocenters. The summed E-state index contributed by atoms with van der Waals surface area (Å²) in [6, 6.07) is 8.64. The van der Waals surface area contributed by atoms with Crippen molar-refractivity contribution in [3.05, 3.63) is 47.8 Å². The van der Waals surface area contributed by atoms with Crippen molar-refractivity contribution in [1.82, 2.24) is 0 Å². The molecule has 0 saturated carbocycles. The number of rotatable bonds is 6. The lowest BCUT2D eigenvalue weighted by Crippen LogP contribution is -2.12. The molecule has 0 amide bonds.